The van der Waals surface area contributed by atoms with Crippen LogP contribution in [0, 0.1) is 17.8 Å². The number of piperazine rings is 1. The maximum absolute atomic E-state index is 13.3. The Morgan fingerprint density at radius 2 is 1.88 bits per heavy atom. The first kappa shape index (κ1) is 27.2. The molecule has 2 atom stereocenters. The van der Waals surface area contributed by atoms with Crippen LogP contribution in [0.3, 0.4) is 0 Å². The van der Waals surface area contributed by atoms with E-state index in [0.29, 0.717) is 35.6 Å². The number of carbonyl (C=O) groups excluding carboxylic acids is 3. The first-order valence-corrected chi connectivity index (χ1v) is 13.5. The fourth-order valence-electron chi connectivity index (χ4n) is 5.62. The predicted octanol–water partition coefficient (Wildman–Crippen LogP) is 2.23. The molecule has 0 radical (unpaired) electrons. The van der Waals surface area contributed by atoms with Gasteiger partial charge in [0.05, 0.1) is 7.11 Å². The number of oxime groups is 1. The summed E-state index contributed by atoms with van der Waals surface area (Å²) in [4.78, 5) is 42.8. The zero-order chi connectivity index (χ0) is 28.3. The molecule has 10 heteroatoms. The van der Waals surface area contributed by atoms with Gasteiger partial charge in [0.1, 0.15) is 5.75 Å². The van der Waals surface area contributed by atoms with Gasteiger partial charge in [0.2, 0.25) is 0 Å². The Morgan fingerprint density at radius 3 is 2.50 bits per heavy atom. The Balaban J connectivity index is 1.34. The summed E-state index contributed by atoms with van der Waals surface area (Å²) >= 11 is 0. The van der Waals surface area contributed by atoms with Gasteiger partial charge < -0.3 is 25.1 Å². The minimum atomic E-state index is -1.52. The summed E-state index contributed by atoms with van der Waals surface area (Å²) in [6.45, 7) is 6.46. The molecular formula is C30H33N5O5. The lowest BCUT2D eigenvalue weighted by molar-refractivity contribution is -0.122. The van der Waals surface area contributed by atoms with Crippen molar-refractivity contribution in [1.29, 1.82) is 0 Å². The molecule has 0 spiro atoms. The van der Waals surface area contributed by atoms with Gasteiger partial charge >= 0.3 is 6.03 Å². The second-order valence-electron chi connectivity index (χ2n) is 10.3. The number of ether oxygens (including phenoxy) is 1. The number of nitrogens with zero attached hydrogens (tertiary/aromatic N) is 3. The van der Waals surface area contributed by atoms with Crippen LogP contribution in [0.25, 0.3) is 0 Å². The predicted molar refractivity (Wildman–Crippen MR) is 148 cm³/mol. The number of fused-ring (bicyclic) bond motifs is 1. The van der Waals surface area contributed by atoms with Crippen LogP contribution in [0.2, 0.25) is 0 Å². The molecule has 10 nitrogen and oxygen atoms in total. The van der Waals surface area contributed by atoms with Crippen molar-refractivity contribution in [3.8, 4) is 17.6 Å². The summed E-state index contributed by atoms with van der Waals surface area (Å²) in [5.74, 6) is 6.09. The van der Waals surface area contributed by atoms with Crippen LogP contribution in [-0.2, 0) is 11.2 Å². The summed E-state index contributed by atoms with van der Waals surface area (Å²) in [5, 5.41) is 18.2. The summed E-state index contributed by atoms with van der Waals surface area (Å²) in [5.41, 5.74) is 1.38. The van der Waals surface area contributed by atoms with Crippen molar-refractivity contribution in [2.75, 3.05) is 39.8 Å². The third-order valence-electron chi connectivity index (χ3n) is 7.98. The third-order valence-corrected chi connectivity index (χ3v) is 7.98. The van der Waals surface area contributed by atoms with Gasteiger partial charge in [-0.1, -0.05) is 23.9 Å². The standard InChI is InChI=1S/C30H33N5O5/c1-3-34-14-16-35(17-15-34)27(33-39)21-6-4-20(5-7-21)12-13-30(28(37)31-29(38)32-30)19-23-9-8-22-18-24(40-2)10-11-25(22)26(23)36/h4-7,10-11,18,23,39H,3,8-9,14-17,19H2,1-2H3,(H2,31,32,37,38)/t23?,30-/m1/s1. The van der Waals surface area contributed by atoms with E-state index in [1.165, 1.54) is 0 Å². The van der Waals surface area contributed by atoms with Crippen LogP contribution in [0.1, 0.15) is 46.8 Å². The van der Waals surface area contributed by atoms with Gasteiger partial charge in [-0.3, -0.25) is 14.9 Å². The third kappa shape index (κ3) is 5.38. The Kier molecular flexibility index (Phi) is 7.76. The fraction of sp³-hybridized carbons (Fsp3) is 0.400. The van der Waals surface area contributed by atoms with Gasteiger partial charge in [-0.05, 0) is 67.4 Å². The molecule has 0 aromatic heterocycles. The Morgan fingerprint density at radius 1 is 1.12 bits per heavy atom. The molecule has 3 amide bonds. The lowest BCUT2D eigenvalue weighted by Gasteiger charge is -2.35. The topological polar surface area (TPSA) is 124 Å². The number of amidine groups is 1. The Labute approximate surface area is 233 Å². The second-order valence-corrected chi connectivity index (χ2v) is 10.3. The van der Waals surface area contributed by atoms with E-state index in [4.69, 9.17) is 4.74 Å². The number of ketones is 1. The van der Waals surface area contributed by atoms with Gasteiger partial charge in [-0.2, -0.15) is 0 Å². The molecule has 2 fully saturated rings. The maximum Gasteiger partial charge on any atom is 0.323 e. The van der Waals surface area contributed by atoms with E-state index < -0.39 is 23.4 Å². The van der Waals surface area contributed by atoms with Gasteiger partial charge in [0, 0.05) is 55.2 Å². The molecule has 1 aliphatic carbocycles. The van der Waals surface area contributed by atoms with Gasteiger partial charge in [0.25, 0.3) is 5.91 Å². The molecule has 1 unspecified atom stereocenters. The van der Waals surface area contributed by atoms with Crippen LogP contribution < -0.4 is 15.4 Å². The molecule has 3 aliphatic rings. The van der Waals surface area contributed by atoms with Crippen LogP contribution in [-0.4, -0.2) is 83.9 Å². The van der Waals surface area contributed by atoms with E-state index in [1.54, 1.807) is 31.4 Å². The number of urea groups is 1. The fourth-order valence-corrected chi connectivity index (χ4v) is 5.62. The normalized spacial score (nSPS) is 23.1. The summed E-state index contributed by atoms with van der Waals surface area (Å²) < 4.78 is 5.28. The largest absolute Gasteiger partial charge is 0.497 e. The van der Waals surface area contributed by atoms with Crippen molar-refractivity contribution in [1.82, 2.24) is 20.4 Å². The number of imide groups is 1. The number of nitrogens with one attached hydrogen (secondary N) is 2. The quantitative estimate of drug-likeness (QED) is 0.132. The van der Waals surface area contributed by atoms with Crippen molar-refractivity contribution in [2.24, 2.45) is 11.1 Å². The summed E-state index contributed by atoms with van der Waals surface area (Å²) in [7, 11) is 1.58. The van der Waals surface area contributed by atoms with E-state index in [0.717, 1.165) is 43.9 Å². The molecule has 2 saturated heterocycles. The van der Waals surface area contributed by atoms with Crippen LogP contribution >= 0.6 is 0 Å². The van der Waals surface area contributed by atoms with Crippen molar-refractivity contribution in [2.45, 2.75) is 31.7 Å². The number of likely N-dealkylation sites (N-methyl/N-ethyl adjacent to an activating group) is 1. The van der Waals surface area contributed by atoms with Crippen LogP contribution in [0.4, 0.5) is 4.79 Å². The first-order chi connectivity index (χ1) is 19.4. The van der Waals surface area contributed by atoms with Crippen LogP contribution in [0.15, 0.2) is 47.6 Å². The highest BCUT2D eigenvalue weighted by atomic mass is 16.5. The van der Waals surface area contributed by atoms with E-state index in [-0.39, 0.29) is 12.2 Å². The number of rotatable bonds is 5. The zero-order valence-corrected chi connectivity index (χ0v) is 22.7. The maximum atomic E-state index is 13.3. The van der Waals surface area contributed by atoms with E-state index in [9.17, 15) is 19.6 Å². The Bertz CT molecular complexity index is 1400. The molecule has 2 aromatic carbocycles. The number of benzene rings is 2. The lowest BCUT2D eigenvalue weighted by atomic mass is 9.76. The average Bonchev–Trinajstić information content (AvgIpc) is 3.26. The molecule has 208 valence electrons. The monoisotopic (exact) mass is 543 g/mol. The van der Waals surface area contributed by atoms with E-state index in [1.807, 2.05) is 18.2 Å². The van der Waals surface area contributed by atoms with Gasteiger partial charge in [-0.25, -0.2) is 4.79 Å². The number of amides is 3. The number of hydrogen-bond donors (Lipinski definition) is 3. The van der Waals surface area contributed by atoms with Crippen molar-refractivity contribution in [3.63, 3.8) is 0 Å². The number of hydrogen-bond acceptors (Lipinski definition) is 7. The highest BCUT2D eigenvalue weighted by Crippen LogP contribution is 2.33. The smallest absolute Gasteiger partial charge is 0.323 e. The number of methoxy groups -OCH3 is 1. The molecule has 2 aromatic rings. The number of Topliss-reactive ketones (excluding diaryl/α,β-unsaturated/α-hetero) is 1. The van der Waals surface area contributed by atoms with Crippen molar-refractivity contribution in [3.05, 3.63) is 64.7 Å². The molecule has 3 N–H and O–H groups in total. The highest BCUT2D eigenvalue weighted by molar-refractivity contribution is 6.10. The molecule has 0 bridgehead atoms. The van der Waals surface area contributed by atoms with Crippen molar-refractivity contribution < 1.29 is 24.3 Å². The van der Waals surface area contributed by atoms with Crippen molar-refractivity contribution >= 4 is 23.6 Å². The average molecular weight is 544 g/mol. The summed E-state index contributed by atoms with van der Waals surface area (Å²) in [6.07, 6.45) is 1.27. The number of carbonyl (C=O) groups is 3. The molecule has 0 saturated carbocycles. The SMILES string of the molecule is CCN1CCN(C(=NO)c2ccc(C#C[C@]3(CC4CCc5cc(OC)ccc5C4=O)NC(=O)NC3=O)cc2)CC1. The Hall–Kier alpha value is -4.36. The zero-order valence-electron chi connectivity index (χ0n) is 22.7. The van der Waals surface area contributed by atoms with E-state index >= 15 is 0 Å². The molecule has 2 heterocycles. The molecule has 5 rings (SSSR count). The molecule has 40 heavy (non-hydrogen) atoms. The highest BCUT2D eigenvalue weighted by Gasteiger charge is 2.48. The lowest BCUT2D eigenvalue weighted by Crippen LogP contribution is -2.48. The van der Waals surface area contributed by atoms with E-state index in [2.05, 4.69) is 44.4 Å². The number of aryl methyl sites for hydroxylation is 1. The minimum Gasteiger partial charge on any atom is -0.497 e. The second kappa shape index (κ2) is 11.4. The molecule has 2 aliphatic heterocycles. The van der Waals surface area contributed by atoms with Gasteiger partial charge in [-0.15, -0.1) is 0 Å². The minimum absolute atomic E-state index is 0.0704. The first-order valence-electron chi connectivity index (χ1n) is 13.5. The van der Waals surface area contributed by atoms with Gasteiger partial charge in [0.15, 0.2) is 17.2 Å². The summed E-state index contributed by atoms with van der Waals surface area (Å²) in [6, 6.07) is 12.0. The van der Waals surface area contributed by atoms with Crippen LogP contribution in [0.5, 0.6) is 5.75 Å². The molecular weight excluding hydrogens is 510 g/mol.